The number of hydrogen-bond donors (Lipinski definition) is 1. The van der Waals surface area contributed by atoms with Crippen molar-refractivity contribution in [1.82, 2.24) is 10.3 Å². The third kappa shape index (κ3) is 3.48. The topological polar surface area (TPSA) is 43.4 Å². The minimum Gasteiger partial charge on any atom is -0.383 e. The van der Waals surface area contributed by atoms with Gasteiger partial charge in [0.2, 0.25) is 0 Å². The summed E-state index contributed by atoms with van der Waals surface area (Å²) in [6.07, 6.45) is 2.53. The molecule has 0 aliphatic carbocycles. The fraction of sp³-hybridized carbons (Fsp3) is 0.750. The summed E-state index contributed by atoms with van der Waals surface area (Å²) in [4.78, 5) is 4.57. The Morgan fingerprint density at radius 3 is 3.18 bits per heavy atom. The van der Waals surface area contributed by atoms with Crippen molar-refractivity contribution in [2.24, 2.45) is 0 Å². The zero-order valence-electron chi connectivity index (χ0n) is 10.4. The SMILES string of the molecule is COCCNC(c1nc(C)cs1)C1CCCO1. The molecule has 0 bridgehead atoms. The quantitative estimate of drug-likeness (QED) is 0.790. The van der Waals surface area contributed by atoms with Gasteiger partial charge in [0.1, 0.15) is 5.01 Å². The van der Waals surface area contributed by atoms with E-state index in [2.05, 4.69) is 15.7 Å². The first-order valence-electron chi connectivity index (χ1n) is 6.07. The normalized spacial score (nSPS) is 21.9. The number of methoxy groups -OCH3 is 1. The number of rotatable bonds is 6. The average molecular weight is 256 g/mol. The maximum Gasteiger partial charge on any atom is 0.112 e. The van der Waals surface area contributed by atoms with E-state index >= 15 is 0 Å². The molecule has 1 aliphatic heterocycles. The van der Waals surface area contributed by atoms with Crippen molar-refractivity contribution in [3.8, 4) is 0 Å². The number of nitrogens with one attached hydrogen (secondary N) is 1. The van der Waals surface area contributed by atoms with Crippen LogP contribution in [0.4, 0.5) is 0 Å². The Kier molecular flexibility index (Phi) is 4.91. The van der Waals surface area contributed by atoms with E-state index in [1.165, 1.54) is 0 Å². The zero-order valence-corrected chi connectivity index (χ0v) is 11.3. The second-order valence-electron chi connectivity index (χ2n) is 4.30. The van der Waals surface area contributed by atoms with Crippen LogP contribution in [0.2, 0.25) is 0 Å². The van der Waals surface area contributed by atoms with Crippen LogP contribution in [0.15, 0.2) is 5.38 Å². The Balaban J connectivity index is 2.00. The molecule has 4 nitrogen and oxygen atoms in total. The summed E-state index contributed by atoms with van der Waals surface area (Å²) in [6, 6.07) is 0.214. The van der Waals surface area contributed by atoms with Gasteiger partial charge in [-0.1, -0.05) is 0 Å². The highest BCUT2D eigenvalue weighted by atomic mass is 32.1. The molecule has 0 saturated carbocycles. The molecule has 1 N–H and O–H groups in total. The van der Waals surface area contributed by atoms with Crippen LogP contribution in [0.3, 0.4) is 0 Å². The van der Waals surface area contributed by atoms with E-state index in [4.69, 9.17) is 9.47 Å². The van der Waals surface area contributed by atoms with Crippen molar-refractivity contribution in [1.29, 1.82) is 0 Å². The van der Waals surface area contributed by atoms with Gasteiger partial charge < -0.3 is 14.8 Å². The van der Waals surface area contributed by atoms with Crippen LogP contribution >= 0.6 is 11.3 Å². The number of aromatic nitrogens is 1. The molecule has 96 valence electrons. The Hall–Kier alpha value is -0.490. The second-order valence-corrected chi connectivity index (χ2v) is 5.19. The molecule has 2 unspecified atom stereocenters. The highest BCUT2D eigenvalue weighted by Crippen LogP contribution is 2.28. The van der Waals surface area contributed by atoms with E-state index in [1.54, 1.807) is 18.4 Å². The Morgan fingerprint density at radius 1 is 1.71 bits per heavy atom. The van der Waals surface area contributed by atoms with Crippen molar-refractivity contribution in [2.45, 2.75) is 31.9 Å². The second kappa shape index (κ2) is 6.44. The van der Waals surface area contributed by atoms with Crippen molar-refractivity contribution < 1.29 is 9.47 Å². The molecule has 2 atom stereocenters. The van der Waals surface area contributed by atoms with Gasteiger partial charge in [0, 0.05) is 31.3 Å². The van der Waals surface area contributed by atoms with Gasteiger partial charge in [-0.25, -0.2) is 4.98 Å². The summed E-state index contributed by atoms with van der Waals surface area (Å²) in [7, 11) is 1.72. The zero-order chi connectivity index (χ0) is 12.1. The first kappa shape index (κ1) is 13.0. The third-order valence-electron chi connectivity index (χ3n) is 2.91. The van der Waals surface area contributed by atoms with E-state index in [0.717, 1.165) is 36.7 Å². The van der Waals surface area contributed by atoms with Gasteiger partial charge in [-0.2, -0.15) is 0 Å². The molecule has 0 aromatic carbocycles. The summed E-state index contributed by atoms with van der Waals surface area (Å²) >= 11 is 1.71. The summed E-state index contributed by atoms with van der Waals surface area (Å²) in [5.74, 6) is 0. The highest BCUT2D eigenvalue weighted by molar-refractivity contribution is 7.09. The standard InChI is InChI=1S/C12H20N2O2S/c1-9-8-17-12(14-9)11(13-5-7-15-2)10-4-3-6-16-10/h8,10-11,13H,3-7H2,1-2H3. The molecule has 2 heterocycles. The Bertz CT molecular complexity index is 337. The van der Waals surface area contributed by atoms with Crippen molar-refractivity contribution in [3.63, 3.8) is 0 Å². The molecule has 0 radical (unpaired) electrons. The van der Waals surface area contributed by atoms with Crippen LogP contribution in [0.5, 0.6) is 0 Å². The maximum atomic E-state index is 5.77. The summed E-state index contributed by atoms with van der Waals surface area (Å²) in [5, 5.41) is 6.71. The largest absolute Gasteiger partial charge is 0.383 e. The number of hydrogen-bond acceptors (Lipinski definition) is 5. The first-order valence-corrected chi connectivity index (χ1v) is 6.95. The monoisotopic (exact) mass is 256 g/mol. The molecular weight excluding hydrogens is 236 g/mol. The molecule has 1 fully saturated rings. The van der Waals surface area contributed by atoms with E-state index in [1.807, 2.05) is 6.92 Å². The van der Waals surface area contributed by atoms with Gasteiger partial charge in [-0.05, 0) is 19.8 Å². The van der Waals surface area contributed by atoms with Crippen LogP contribution < -0.4 is 5.32 Å². The molecule has 2 rings (SSSR count). The minimum absolute atomic E-state index is 0.214. The van der Waals surface area contributed by atoms with Gasteiger partial charge in [-0.15, -0.1) is 11.3 Å². The van der Waals surface area contributed by atoms with E-state index < -0.39 is 0 Å². The van der Waals surface area contributed by atoms with Crippen LogP contribution in [0, 0.1) is 6.92 Å². The lowest BCUT2D eigenvalue weighted by atomic mass is 10.1. The lowest BCUT2D eigenvalue weighted by molar-refractivity contribution is 0.0747. The Morgan fingerprint density at radius 2 is 2.59 bits per heavy atom. The molecule has 0 amide bonds. The number of thiazole rings is 1. The summed E-state index contributed by atoms with van der Waals surface area (Å²) < 4.78 is 10.8. The fourth-order valence-corrected chi connectivity index (χ4v) is 3.00. The smallest absolute Gasteiger partial charge is 0.112 e. The van der Waals surface area contributed by atoms with Gasteiger partial charge >= 0.3 is 0 Å². The van der Waals surface area contributed by atoms with Gasteiger partial charge in [-0.3, -0.25) is 0 Å². The molecular formula is C12H20N2O2S. The van der Waals surface area contributed by atoms with Gasteiger partial charge in [0.05, 0.1) is 18.8 Å². The van der Waals surface area contributed by atoms with Crippen LogP contribution in [-0.4, -0.2) is 38.0 Å². The molecule has 1 saturated heterocycles. The van der Waals surface area contributed by atoms with Crippen LogP contribution in [0.1, 0.15) is 29.6 Å². The molecule has 1 aliphatic rings. The average Bonchev–Trinajstić information content (AvgIpc) is 2.96. The van der Waals surface area contributed by atoms with Crippen molar-refractivity contribution >= 4 is 11.3 Å². The molecule has 5 heteroatoms. The van der Waals surface area contributed by atoms with E-state index in [0.29, 0.717) is 6.61 Å². The summed E-state index contributed by atoms with van der Waals surface area (Å²) in [6.45, 7) is 4.45. The molecule has 1 aromatic rings. The lowest BCUT2D eigenvalue weighted by Crippen LogP contribution is -2.33. The number of aryl methyl sites for hydroxylation is 1. The molecule has 1 aromatic heterocycles. The fourth-order valence-electron chi connectivity index (χ4n) is 2.07. The van der Waals surface area contributed by atoms with Crippen LogP contribution in [-0.2, 0) is 9.47 Å². The number of ether oxygens (including phenoxy) is 2. The predicted molar refractivity (Wildman–Crippen MR) is 68.4 cm³/mol. The van der Waals surface area contributed by atoms with E-state index in [9.17, 15) is 0 Å². The summed E-state index contributed by atoms with van der Waals surface area (Å²) in [5.41, 5.74) is 1.08. The third-order valence-corrected chi connectivity index (χ3v) is 3.96. The van der Waals surface area contributed by atoms with Gasteiger partial charge in [0.15, 0.2) is 0 Å². The van der Waals surface area contributed by atoms with Crippen LogP contribution in [0.25, 0.3) is 0 Å². The first-order chi connectivity index (χ1) is 8.31. The van der Waals surface area contributed by atoms with E-state index in [-0.39, 0.29) is 12.1 Å². The van der Waals surface area contributed by atoms with Crippen molar-refractivity contribution in [2.75, 3.05) is 26.9 Å². The van der Waals surface area contributed by atoms with Gasteiger partial charge in [0.25, 0.3) is 0 Å². The maximum absolute atomic E-state index is 5.77. The number of nitrogens with zero attached hydrogens (tertiary/aromatic N) is 1. The minimum atomic E-state index is 0.214. The Labute approximate surface area is 106 Å². The molecule has 0 spiro atoms. The van der Waals surface area contributed by atoms with Crippen molar-refractivity contribution in [3.05, 3.63) is 16.1 Å². The highest BCUT2D eigenvalue weighted by Gasteiger charge is 2.28. The predicted octanol–water partition coefficient (Wildman–Crippen LogP) is 1.91. The lowest BCUT2D eigenvalue weighted by Gasteiger charge is -2.22. The molecule has 17 heavy (non-hydrogen) atoms.